The van der Waals surface area contributed by atoms with Gasteiger partial charge in [-0.3, -0.25) is 14.5 Å². The van der Waals surface area contributed by atoms with Crippen LogP contribution in [0.4, 0.5) is 0 Å². The summed E-state index contributed by atoms with van der Waals surface area (Å²) in [5.41, 5.74) is 1.62. The summed E-state index contributed by atoms with van der Waals surface area (Å²) in [6.07, 6.45) is 6.26. The van der Waals surface area contributed by atoms with Gasteiger partial charge in [-0.05, 0) is 31.9 Å². The van der Waals surface area contributed by atoms with Gasteiger partial charge in [0.05, 0.1) is 25.5 Å². The second kappa shape index (κ2) is 6.48. The summed E-state index contributed by atoms with van der Waals surface area (Å²) in [5, 5.41) is 14.4. The van der Waals surface area contributed by atoms with E-state index < -0.39 is 12.2 Å². The van der Waals surface area contributed by atoms with E-state index in [1.165, 1.54) is 0 Å². The fraction of sp³-hybridized carbons (Fsp3) is 0.500. The lowest BCUT2D eigenvalue weighted by atomic mass is 10.1. The number of nitrogens with zero attached hydrogens (tertiary/aromatic N) is 4. The standard InChI is InChI=1S/C18H22N4O3/c1-2-22-9-14(8-20-22)25-17-11-21(10-16(17)23)18(24)13-5-6-19-15(7-13)12-3-4-12/h5-9,12,16-17,23H,2-4,10-11H2,1H3/t16-,17-/m1/s1. The summed E-state index contributed by atoms with van der Waals surface area (Å²) in [5.74, 6) is 1.03. The van der Waals surface area contributed by atoms with Gasteiger partial charge in [0.15, 0.2) is 5.75 Å². The molecule has 1 saturated heterocycles. The molecule has 7 heteroatoms. The molecule has 2 atom stereocenters. The number of aryl methyl sites for hydroxylation is 1. The average molecular weight is 342 g/mol. The zero-order valence-electron chi connectivity index (χ0n) is 14.2. The normalized spacial score (nSPS) is 23.0. The molecule has 0 radical (unpaired) electrons. The first-order valence-electron chi connectivity index (χ1n) is 8.76. The maximum absolute atomic E-state index is 12.8. The molecule has 2 aromatic heterocycles. The van der Waals surface area contributed by atoms with Crippen molar-refractivity contribution >= 4 is 5.91 Å². The molecule has 1 saturated carbocycles. The first kappa shape index (κ1) is 16.1. The van der Waals surface area contributed by atoms with Crippen molar-refractivity contribution in [1.29, 1.82) is 0 Å². The molecule has 4 rings (SSSR count). The number of hydrogen-bond acceptors (Lipinski definition) is 5. The SMILES string of the molecule is CCn1cc(O[C@@H]2CN(C(=O)c3ccnc(C4CC4)c3)C[C@H]2O)cn1. The quantitative estimate of drug-likeness (QED) is 0.889. The minimum Gasteiger partial charge on any atom is -0.482 e. The molecule has 0 bridgehead atoms. The Balaban J connectivity index is 1.43. The van der Waals surface area contributed by atoms with Crippen LogP contribution in [0.5, 0.6) is 5.75 Å². The van der Waals surface area contributed by atoms with E-state index in [2.05, 4.69) is 10.1 Å². The van der Waals surface area contributed by atoms with Gasteiger partial charge in [-0.25, -0.2) is 0 Å². The average Bonchev–Trinajstić information content (AvgIpc) is 3.29. The molecule has 0 unspecified atom stereocenters. The van der Waals surface area contributed by atoms with Gasteiger partial charge in [0.2, 0.25) is 0 Å². The van der Waals surface area contributed by atoms with Gasteiger partial charge in [0.1, 0.15) is 12.2 Å². The van der Waals surface area contributed by atoms with E-state index in [9.17, 15) is 9.90 Å². The van der Waals surface area contributed by atoms with Gasteiger partial charge >= 0.3 is 0 Å². The lowest BCUT2D eigenvalue weighted by Crippen LogP contribution is -2.31. The number of likely N-dealkylation sites (tertiary alicyclic amines) is 1. The maximum atomic E-state index is 12.8. The Bertz CT molecular complexity index is 771. The number of ether oxygens (including phenoxy) is 1. The number of hydrogen-bond donors (Lipinski definition) is 1. The Hall–Kier alpha value is -2.41. The number of aromatic nitrogens is 3. The van der Waals surface area contributed by atoms with E-state index in [1.54, 1.807) is 34.2 Å². The highest BCUT2D eigenvalue weighted by Crippen LogP contribution is 2.39. The molecule has 3 heterocycles. The van der Waals surface area contributed by atoms with Crippen molar-refractivity contribution in [2.45, 2.75) is 44.4 Å². The van der Waals surface area contributed by atoms with Gasteiger partial charge in [-0.15, -0.1) is 0 Å². The number of rotatable bonds is 5. The lowest BCUT2D eigenvalue weighted by molar-refractivity contribution is 0.0729. The summed E-state index contributed by atoms with van der Waals surface area (Å²) in [6.45, 7) is 3.38. The van der Waals surface area contributed by atoms with Crippen molar-refractivity contribution in [2.24, 2.45) is 0 Å². The van der Waals surface area contributed by atoms with Crippen molar-refractivity contribution in [2.75, 3.05) is 13.1 Å². The zero-order valence-corrected chi connectivity index (χ0v) is 14.2. The largest absolute Gasteiger partial charge is 0.482 e. The van der Waals surface area contributed by atoms with E-state index in [1.807, 2.05) is 13.0 Å². The van der Waals surface area contributed by atoms with Crippen LogP contribution in [0.2, 0.25) is 0 Å². The first-order chi connectivity index (χ1) is 12.1. The summed E-state index contributed by atoms with van der Waals surface area (Å²) in [6, 6.07) is 3.62. The number of amides is 1. The molecule has 0 aromatic carbocycles. The highest BCUT2D eigenvalue weighted by molar-refractivity contribution is 5.94. The van der Waals surface area contributed by atoms with Gasteiger partial charge in [0.25, 0.3) is 5.91 Å². The maximum Gasteiger partial charge on any atom is 0.254 e. The van der Waals surface area contributed by atoms with E-state index in [0.717, 1.165) is 25.1 Å². The van der Waals surface area contributed by atoms with Crippen LogP contribution < -0.4 is 4.74 Å². The first-order valence-corrected chi connectivity index (χ1v) is 8.76. The third-order valence-corrected chi connectivity index (χ3v) is 4.77. The molecular weight excluding hydrogens is 320 g/mol. The third-order valence-electron chi connectivity index (χ3n) is 4.77. The topological polar surface area (TPSA) is 80.5 Å². The summed E-state index contributed by atoms with van der Waals surface area (Å²) in [4.78, 5) is 18.7. The Morgan fingerprint density at radius 1 is 1.40 bits per heavy atom. The molecule has 1 N–H and O–H groups in total. The van der Waals surface area contributed by atoms with Crippen LogP contribution >= 0.6 is 0 Å². The third kappa shape index (κ3) is 3.37. The van der Waals surface area contributed by atoms with Crippen LogP contribution in [-0.4, -0.2) is 56.0 Å². The smallest absolute Gasteiger partial charge is 0.254 e. The summed E-state index contributed by atoms with van der Waals surface area (Å²) in [7, 11) is 0. The lowest BCUT2D eigenvalue weighted by Gasteiger charge is -2.16. The predicted octanol–water partition coefficient (Wildman–Crippen LogP) is 1.44. The molecule has 2 aliphatic rings. The molecule has 1 aliphatic carbocycles. The molecule has 2 aromatic rings. The van der Waals surface area contributed by atoms with Crippen LogP contribution in [0.3, 0.4) is 0 Å². The Kier molecular flexibility index (Phi) is 4.17. The zero-order chi connectivity index (χ0) is 17.4. The van der Waals surface area contributed by atoms with Crippen molar-refractivity contribution in [3.63, 3.8) is 0 Å². The van der Waals surface area contributed by atoms with Crippen molar-refractivity contribution in [3.05, 3.63) is 42.0 Å². The van der Waals surface area contributed by atoms with E-state index >= 15 is 0 Å². The van der Waals surface area contributed by atoms with Crippen LogP contribution in [-0.2, 0) is 6.54 Å². The van der Waals surface area contributed by atoms with Crippen molar-refractivity contribution in [3.8, 4) is 5.75 Å². The molecule has 1 amide bonds. The molecule has 2 fully saturated rings. The Morgan fingerprint density at radius 3 is 2.96 bits per heavy atom. The number of carbonyl (C=O) groups excluding carboxylic acids is 1. The van der Waals surface area contributed by atoms with Gasteiger partial charge in [-0.1, -0.05) is 0 Å². The van der Waals surface area contributed by atoms with E-state index in [-0.39, 0.29) is 12.5 Å². The molecular formula is C18H22N4O3. The summed E-state index contributed by atoms with van der Waals surface area (Å²) >= 11 is 0. The fourth-order valence-electron chi connectivity index (χ4n) is 3.16. The molecule has 0 spiro atoms. The monoisotopic (exact) mass is 342 g/mol. The fourth-order valence-corrected chi connectivity index (χ4v) is 3.16. The summed E-state index contributed by atoms with van der Waals surface area (Å²) < 4.78 is 7.58. The minimum atomic E-state index is -0.710. The van der Waals surface area contributed by atoms with Crippen LogP contribution in [0.15, 0.2) is 30.7 Å². The second-order valence-corrected chi connectivity index (χ2v) is 6.71. The van der Waals surface area contributed by atoms with Crippen molar-refractivity contribution < 1.29 is 14.6 Å². The molecule has 25 heavy (non-hydrogen) atoms. The van der Waals surface area contributed by atoms with Gasteiger partial charge < -0.3 is 14.7 Å². The minimum absolute atomic E-state index is 0.0845. The van der Waals surface area contributed by atoms with E-state index in [0.29, 0.717) is 23.8 Å². The predicted molar refractivity (Wildman–Crippen MR) is 90.4 cm³/mol. The number of β-amino-alcohol motifs (C(OH)–C–C–N with tert-alkyl or cyclic N) is 1. The highest BCUT2D eigenvalue weighted by atomic mass is 16.5. The highest BCUT2D eigenvalue weighted by Gasteiger charge is 2.36. The Labute approximate surface area is 146 Å². The van der Waals surface area contributed by atoms with Crippen LogP contribution in [0.25, 0.3) is 0 Å². The molecule has 7 nitrogen and oxygen atoms in total. The second-order valence-electron chi connectivity index (χ2n) is 6.71. The van der Waals surface area contributed by atoms with Crippen LogP contribution in [0.1, 0.15) is 41.7 Å². The van der Waals surface area contributed by atoms with Gasteiger partial charge in [0, 0.05) is 29.9 Å². The van der Waals surface area contributed by atoms with E-state index in [4.69, 9.17) is 4.74 Å². The number of pyridine rings is 1. The van der Waals surface area contributed by atoms with Crippen molar-refractivity contribution in [1.82, 2.24) is 19.7 Å². The molecule has 1 aliphatic heterocycles. The Morgan fingerprint density at radius 2 is 2.24 bits per heavy atom. The number of aliphatic hydroxyl groups excluding tert-OH is 1. The van der Waals surface area contributed by atoms with Gasteiger partial charge in [-0.2, -0.15) is 5.10 Å². The number of carbonyl (C=O) groups is 1. The molecule has 132 valence electrons. The number of aliphatic hydroxyl groups is 1. The van der Waals surface area contributed by atoms with Crippen LogP contribution in [0, 0.1) is 0 Å².